The molecule has 0 aromatic rings. The highest BCUT2D eigenvalue weighted by molar-refractivity contribution is 5.98. The summed E-state index contributed by atoms with van der Waals surface area (Å²) in [5.74, 6) is -1.59. The Morgan fingerprint density at radius 3 is 1.75 bits per heavy atom. The summed E-state index contributed by atoms with van der Waals surface area (Å²) >= 11 is 0. The molecule has 0 aliphatic carbocycles. The number of amides is 2. The number of carbonyl (C=O) groups is 2. The van der Waals surface area contributed by atoms with Crippen LogP contribution in [0.2, 0.25) is 0 Å². The zero-order chi connectivity index (χ0) is 9.72. The topological polar surface area (TPSA) is 86.2 Å². The minimum absolute atomic E-state index is 0.450. The van der Waals surface area contributed by atoms with Gasteiger partial charge in [-0.2, -0.15) is 0 Å². The van der Waals surface area contributed by atoms with E-state index in [0.29, 0.717) is 12.3 Å². The third-order valence-corrected chi connectivity index (χ3v) is 1.72. The molecule has 4 nitrogen and oxygen atoms in total. The van der Waals surface area contributed by atoms with E-state index in [2.05, 4.69) is 0 Å². The molecule has 12 heavy (non-hydrogen) atoms. The van der Waals surface area contributed by atoms with Gasteiger partial charge in [0.1, 0.15) is 5.92 Å². The summed E-state index contributed by atoms with van der Waals surface area (Å²) in [5, 5.41) is 0. The molecule has 0 bridgehead atoms. The Hall–Kier alpha value is -1.06. The van der Waals surface area contributed by atoms with Crippen molar-refractivity contribution in [1.82, 2.24) is 0 Å². The molecule has 0 aliphatic heterocycles. The Bertz CT molecular complexity index is 164. The summed E-state index contributed by atoms with van der Waals surface area (Å²) in [6.07, 6.45) is 1.25. The molecule has 70 valence electrons. The maximum Gasteiger partial charge on any atom is 0.229 e. The zero-order valence-electron chi connectivity index (χ0n) is 7.54. The molecule has 4 N–H and O–H groups in total. The van der Waals surface area contributed by atoms with E-state index in [-0.39, 0.29) is 0 Å². The number of carbonyl (C=O) groups excluding carboxylic acids is 2. The normalized spacial score (nSPS) is 10.7. The summed E-state index contributed by atoms with van der Waals surface area (Å²) < 4.78 is 0. The molecule has 4 heteroatoms. The van der Waals surface area contributed by atoms with Crippen LogP contribution in [0.5, 0.6) is 0 Å². The average molecular weight is 172 g/mol. The van der Waals surface area contributed by atoms with E-state index in [1.54, 1.807) is 0 Å². The van der Waals surface area contributed by atoms with E-state index in [4.69, 9.17) is 11.5 Å². The third kappa shape index (κ3) is 3.95. The predicted octanol–water partition coefficient (Wildman–Crippen LogP) is 0.00940. The Morgan fingerprint density at radius 1 is 1.08 bits per heavy atom. The third-order valence-electron chi connectivity index (χ3n) is 1.72. The van der Waals surface area contributed by atoms with Crippen molar-refractivity contribution in [2.45, 2.75) is 26.7 Å². The van der Waals surface area contributed by atoms with Gasteiger partial charge in [-0.05, 0) is 18.8 Å². The molecule has 0 heterocycles. The van der Waals surface area contributed by atoms with Gasteiger partial charge in [0.15, 0.2) is 0 Å². The van der Waals surface area contributed by atoms with Gasteiger partial charge in [-0.3, -0.25) is 9.59 Å². The van der Waals surface area contributed by atoms with Crippen LogP contribution in [0.15, 0.2) is 0 Å². The molecule has 0 saturated carbocycles. The SMILES string of the molecule is CC(C)CCC(C(N)=O)C(N)=O. The highest BCUT2D eigenvalue weighted by atomic mass is 16.2. The van der Waals surface area contributed by atoms with Crippen molar-refractivity contribution in [1.29, 1.82) is 0 Å². The lowest BCUT2D eigenvalue weighted by atomic mass is 9.97. The summed E-state index contributed by atoms with van der Waals surface area (Å²) in [4.78, 5) is 21.3. The molecule has 0 fully saturated rings. The molecule has 0 rings (SSSR count). The smallest absolute Gasteiger partial charge is 0.229 e. The van der Waals surface area contributed by atoms with Gasteiger partial charge in [-0.15, -0.1) is 0 Å². The lowest BCUT2D eigenvalue weighted by molar-refractivity contribution is -0.131. The summed E-state index contributed by atoms with van der Waals surface area (Å²) in [5.41, 5.74) is 9.97. The first-order valence-corrected chi connectivity index (χ1v) is 4.03. The van der Waals surface area contributed by atoms with Crippen molar-refractivity contribution in [3.63, 3.8) is 0 Å². The molecule has 0 aromatic carbocycles. The fraction of sp³-hybridized carbons (Fsp3) is 0.750. The second-order valence-corrected chi connectivity index (χ2v) is 3.33. The van der Waals surface area contributed by atoms with Gasteiger partial charge in [0, 0.05) is 0 Å². The van der Waals surface area contributed by atoms with Crippen molar-refractivity contribution in [3.05, 3.63) is 0 Å². The van der Waals surface area contributed by atoms with Gasteiger partial charge in [-0.25, -0.2) is 0 Å². The van der Waals surface area contributed by atoms with Crippen LogP contribution in [-0.4, -0.2) is 11.8 Å². The molecule has 0 aromatic heterocycles. The Balaban J connectivity index is 3.97. The second kappa shape index (κ2) is 4.74. The quantitative estimate of drug-likeness (QED) is 0.572. The van der Waals surface area contributed by atoms with Crippen LogP contribution in [0.4, 0.5) is 0 Å². The summed E-state index contributed by atoms with van der Waals surface area (Å²) in [7, 11) is 0. The Labute approximate surface area is 72.3 Å². The monoisotopic (exact) mass is 172 g/mol. The number of hydrogen-bond acceptors (Lipinski definition) is 2. The number of rotatable bonds is 5. The highest BCUT2D eigenvalue weighted by Gasteiger charge is 2.21. The van der Waals surface area contributed by atoms with Gasteiger partial charge in [-0.1, -0.05) is 13.8 Å². The highest BCUT2D eigenvalue weighted by Crippen LogP contribution is 2.11. The lowest BCUT2D eigenvalue weighted by Crippen LogP contribution is -2.35. The number of hydrogen-bond donors (Lipinski definition) is 2. The number of primary amides is 2. The maximum atomic E-state index is 10.7. The first kappa shape index (κ1) is 10.9. The molecule has 0 unspecified atom stereocenters. The Morgan fingerprint density at radius 2 is 1.50 bits per heavy atom. The van der Waals surface area contributed by atoms with Crippen LogP contribution < -0.4 is 11.5 Å². The van der Waals surface area contributed by atoms with Crippen molar-refractivity contribution < 1.29 is 9.59 Å². The van der Waals surface area contributed by atoms with Gasteiger partial charge in [0.2, 0.25) is 11.8 Å². The standard InChI is InChI=1S/C8H16N2O2/c1-5(2)3-4-6(7(9)11)8(10)12/h5-6H,3-4H2,1-2H3,(H2,9,11)(H2,10,12). The van der Waals surface area contributed by atoms with Crippen molar-refractivity contribution in [2.24, 2.45) is 23.3 Å². The fourth-order valence-electron chi connectivity index (χ4n) is 0.925. The van der Waals surface area contributed by atoms with Crippen molar-refractivity contribution in [2.75, 3.05) is 0 Å². The average Bonchev–Trinajstić information content (AvgIpc) is 1.84. The van der Waals surface area contributed by atoms with E-state index < -0.39 is 17.7 Å². The number of nitrogens with two attached hydrogens (primary N) is 2. The molecular formula is C8H16N2O2. The van der Waals surface area contributed by atoms with Crippen LogP contribution in [0.25, 0.3) is 0 Å². The molecule has 0 aliphatic rings. The van der Waals surface area contributed by atoms with Crippen LogP contribution in [0.3, 0.4) is 0 Å². The van der Waals surface area contributed by atoms with E-state index in [0.717, 1.165) is 6.42 Å². The molecule has 0 saturated heterocycles. The maximum absolute atomic E-state index is 10.7. The second-order valence-electron chi connectivity index (χ2n) is 3.33. The van der Waals surface area contributed by atoms with Crippen LogP contribution in [-0.2, 0) is 9.59 Å². The minimum atomic E-state index is -0.799. The molecular weight excluding hydrogens is 156 g/mol. The largest absolute Gasteiger partial charge is 0.369 e. The van der Waals surface area contributed by atoms with Gasteiger partial charge < -0.3 is 11.5 Å². The lowest BCUT2D eigenvalue weighted by Gasteiger charge is -2.10. The molecule has 0 atom stereocenters. The van der Waals surface area contributed by atoms with Crippen molar-refractivity contribution in [3.8, 4) is 0 Å². The summed E-state index contributed by atoms with van der Waals surface area (Å²) in [6.45, 7) is 4.03. The van der Waals surface area contributed by atoms with Crippen LogP contribution in [0.1, 0.15) is 26.7 Å². The van der Waals surface area contributed by atoms with Crippen LogP contribution in [0, 0.1) is 11.8 Å². The van der Waals surface area contributed by atoms with E-state index in [9.17, 15) is 9.59 Å². The first-order valence-electron chi connectivity index (χ1n) is 4.03. The summed E-state index contributed by atoms with van der Waals surface area (Å²) in [6, 6.07) is 0. The molecule has 0 spiro atoms. The first-order chi connectivity index (χ1) is 5.45. The minimum Gasteiger partial charge on any atom is -0.369 e. The van der Waals surface area contributed by atoms with E-state index >= 15 is 0 Å². The van der Waals surface area contributed by atoms with E-state index in [1.807, 2.05) is 13.8 Å². The van der Waals surface area contributed by atoms with Gasteiger partial charge >= 0.3 is 0 Å². The molecule has 0 radical (unpaired) electrons. The van der Waals surface area contributed by atoms with Gasteiger partial charge in [0.05, 0.1) is 0 Å². The fourth-order valence-corrected chi connectivity index (χ4v) is 0.925. The van der Waals surface area contributed by atoms with E-state index in [1.165, 1.54) is 0 Å². The van der Waals surface area contributed by atoms with Crippen LogP contribution >= 0.6 is 0 Å². The van der Waals surface area contributed by atoms with Crippen molar-refractivity contribution >= 4 is 11.8 Å². The molecule has 2 amide bonds. The Kier molecular flexibility index (Phi) is 4.33. The predicted molar refractivity (Wildman–Crippen MR) is 46.0 cm³/mol. The van der Waals surface area contributed by atoms with Gasteiger partial charge in [0.25, 0.3) is 0 Å². The zero-order valence-corrected chi connectivity index (χ0v) is 7.54.